The van der Waals surface area contributed by atoms with Crippen molar-refractivity contribution < 1.29 is 55.6 Å². The Morgan fingerprint density at radius 1 is 0.609 bits per heavy atom. The van der Waals surface area contributed by atoms with Crippen molar-refractivity contribution in [2.75, 3.05) is 13.1 Å². The molecule has 0 bridgehead atoms. The molecule has 0 aromatic carbocycles. The van der Waals surface area contributed by atoms with Crippen LogP contribution >= 0.6 is 0 Å². The van der Waals surface area contributed by atoms with E-state index in [-0.39, 0.29) is 89.3 Å². The van der Waals surface area contributed by atoms with Gasteiger partial charge >= 0.3 is 23.9 Å². The number of nitrogens with zero attached hydrogens (tertiary/aromatic N) is 2. The summed E-state index contributed by atoms with van der Waals surface area (Å²) in [7, 11) is 0. The van der Waals surface area contributed by atoms with E-state index in [0.29, 0.717) is 10.5 Å². The molecule has 2 radical (unpaired) electrons. The van der Waals surface area contributed by atoms with Crippen molar-refractivity contribution in [3.8, 4) is 0 Å². The number of carbonyl (C=O) groups excluding carboxylic acids is 4. The van der Waals surface area contributed by atoms with Crippen LogP contribution in [0.3, 0.4) is 0 Å². The van der Waals surface area contributed by atoms with E-state index in [1.165, 1.54) is 0 Å². The van der Waals surface area contributed by atoms with Gasteiger partial charge in [0.1, 0.15) is 0 Å². The predicted molar refractivity (Wildman–Crippen MR) is 72.0 cm³/mol. The van der Waals surface area contributed by atoms with Crippen molar-refractivity contribution in [2.24, 2.45) is 0 Å². The summed E-state index contributed by atoms with van der Waals surface area (Å²) < 4.78 is 0. The van der Waals surface area contributed by atoms with Crippen LogP contribution in [0.4, 0.5) is 0 Å². The molecule has 124 valence electrons. The van der Waals surface area contributed by atoms with E-state index in [1.54, 1.807) is 0 Å². The number of rotatable bonds is 7. The van der Waals surface area contributed by atoms with Crippen LogP contribution in [0.15, 0.2) is 0 Å². The van der Waals surface area contributed by atoms with Gasteiger partial charge in [-0.25, -0.2) is 0 Å². The predicted octanol–water partition coefficient (Wildman–Crippen LogP) is -1.26. The van der Waals surface area contributed by atoms with Crippen LogP contribution in [-0.2, 0) is 55.6 Å². The fraction of sp³-hybridized carbons (Fsp3) is 0.600. The number of carbonyl (C=O) groups is 4. The van der Waals surface area contributed by atoms with Crippen LogP contribution in [0.5, 0.6) is 0 Å². The van der Waals surface area contributed by atoms with E-state index in [0.717, 1.165) is 27.7 Å². The van der Waals surface area contributed by atoms with E-state index in [4.69, 9.17) is 0 Å². The maximum atomic E-state index is 10.8. The molecule has 0 saturated heterocycles. The molecular formula is C10H16FeN2Na2O8. The SMILES string of the molecule is CC(=O)ON(CCN(OC(C)=O)OC(C)=O)OC(C)=O.[Fe].[Na].[Na]. The molecule has 0 rings (SSSR count). The maximum Gasteiger partial charge on any atom is 0.326 e. The van der Waals surface area contributed by atoms with Crippen molar-refractivity contribution in [2.45, 2.75) is 27.7 Å². The Kier molecular flexibility index (Phi) is 23.2. The minimum Gasteiger partial charge on any atom is -0.333 e. The third-order valence-corrected chi connectivity index (χ3v) is 1.39. The molecule has 0 amide bonds. The van der Waals surface area contributed by atoms with Gasteiger partial charge in [-0.05, 0) is 0 Å². The van der Waals surface area contributed by atoms with E-state index in [1.807, 2.05) is 0 Å². The molecule has 0 aromatic rings. The Balaban J connectivity index is -0.000000602. The summed E-state index contributed by atoms with van der Waals surface area (Å²) in [4.78, 5) is 61.4. The minimum atomic E-state index is -0.724. The molecule has 10 nitrogen and oxygen atoms in total. The average Bonchev–Trinajstić information content (AvgIpc) is 2.22. The number of hydrogen-bond donors (Lipinski definition) is 0. The van der Waals surface area contributed by atoms with Crippen molar-refractivity contribution in [3.05, 3.63) is 0 Å². The first-order valence-corrected chi connectivity index (χ1v) is 5.50. The average molecular weight is 394 g/mol. The van der Waals surface area contributed by atoms with Crippen molar-refractivity contribution >= 4 is 83.0 Å². The summed E-state index contributed by atoms with van der Waals surface area (Å²) in [5, 5.41) is 1.15. The van der Waals surface area contributed by atoms with Crippen LogP contribution in [0.2, 0.25) is 0 Å². The molecule has 0 aliphatic heterocycles. The van der Waals surface area contributed by atoms with Gasteiger partial charge in [0.25, 0.3) is 0 Å². The largest absolute Gasteiger partial charge is 0.333 e. The molecule has 0 heterocycles. The van der Waals surface area contributed by atoms with Crippen molar-refractivity contribution in [1.82, 2.24) is 10.5 Å². The number of hydroxylamine groups is 4. The molecule has 0 spiro atoms. The molecule has 13 heteroatoms. The van der Waals surface area contributed by atoms with Crippen molar-refractivity contribution in [1.29, 1.82) is 0 Å². The summed E-state index contributed by atoms with van der Waals surface area (Å²) in [6.45, 7) is 3.97. The summed E-state index contributed by atoms with van der Waals surface area (Å²) >= 11 is 0. The van der Waals surface area contributed by atoms with E-state index >= 15 is 0 Å². The standard InChI is InChI=1S/C10H16N2O8.Fe.2Na/c1-7(13)17-11(18-8(2)14)5-6-12(19-9(3)15)20-10(4)16;;;/h5-6H2,1-4H3;;;. The zero-order chi connectivity index (χ0) is 15.7. The summed E-state index contributed by atoms with van der Waals surface area (Å²) in [6.07, 6.45) is 0. The first-order valence-electron chi connectivity index (χ1n) is 5.50. The zero-order valence-corrected chi connectivity index (χ0v) is 19.0. The Hall–Kier alpha value is 0.319. The second kappa shape index (κ2) is 17.2. The van der Waals surface area contributed by atoms with Crippen LogP contribution in [0.1, 0.15) is 27.7 Å². The second-order valence-corrected chi connectivity index (χ2v) is 3.44. The zero-order valence-electron chi connectivity index (χ0n) is 13.9. The third-order valence-electron chi connectivity index (χ3n) is 1.39. The molecule has 0 unspecified atom stereocenters. The summed E-state index contributed by atoms with van der Waals surface area (Å²) in [5.41, 5.74) is 0. The van der Waals surface area contributed by atoms with Crippen LogP contribution < -0.4 is 0 Å². The van der Waals surface area contributed by atoms with E-state index < -0.39 is 23.9 Å². The second-order valence-electron chi connectivity index (χ2n) is 3.44. The number of hydrogen-bond acceptors (Lipinski definition) is 10. The van der Waals surface area contributed by atoms with Gasteiger partial charge in [0.05, 0.1) is 13.1 Å². The first-order chi connectivity index (χ1) is 9.20. The molecular weight excluding hydrogens is 378 g/mol. The molecule has 0 aromatic heterocycles. The topological polar surface area (TPSA) is 112 Å². The van der Waals surface area contributed by atoms with Gasteiger partial charge in [-0.3, -0.25) is 19.2 Å². The molecule has 0 saturated carbocycles. The molecule has 0 N–H and O–H groups in total. The summed E-state index contributed by atoms with van der Waals surface area (Å²) in [5.74, 6) is -2.90. The van der Waals surface area contributed by atoms with Gasteiger partial charge in [-0.15, -0.1) is 0 Å². The Morgan fingerprint density at radius 3 is 0.913 bits per heavy atom. The van der Waals surface area contributed by atoms with Gasteiger partial charge in [0.2, 0.25) is 0 Å². The molecule has 0 aliphatic rings. The normalized spacial score (nSPS) is 8.78. The minimum absolute atomic E-state index is 0. The van der Waals surface area contributed by atoms with Crippen LogP contribution in [0, 0.1) is 0 Å². The van der Waals surface area contributed by atoms with Crippen molar-refractivity contribution in [3.63, 3.8) is 0 Å². The quantitative estimate of drug-likeness (QED) is 0.383. The Morgan fingerprint density at radius 2 is 0.783 bits per heavy atom. The maximum absolute atomic E-state index is 10.8. The van der Waals surface area contributed by atoms with Gasteiger partial charge < -0.3 is 19.4 Å². The van der Waals surface area contributed by atoms with Gasteiger partial charge in [0.15, 0.2) is 0 Å². The molecule has 23 heavy (non-hydrogen) atoms. The Labute approximate surface area is 188 Å². The fourth-order valence-corrected chi connectivity index (χ4v) is 0.957. The van der Waals surface area contributed by atoms with Crippen LogP contribution in [-0.4, -0.2) is 107 Å². The van der Waals surface area contributed by atoms with Gasteiger partial charge in [-0.1, -0.05) is 0 Å². The van der Waals surface area contributed by atoms with Gasteiger partial charge in [0, 0.05) is 114 Å². The molecule has 0 atom stereocenters. The molecule has 0 fully saturated rings. The van der Waals surface area contributed by atoms with E-state index in [9.17, 15) is 19.2 Å². The first kappa shape index (κ1) is 31.1. The van der Waals surface area contributed by atoms with Gasteiger partial charge in [-0.2, -0.15) is 0 Å². The smallest absolute Gasteiger partial charge is 0.326 e. The van der Waals surface area contributed by atoms with E-state index in [2.05, 4.69) is 19.4 Å². The summed E-state index contributed by atoms with van der Waals surface area (Å²) in [6, 6.07) is 0. The third kappa shape index (κ3) is 20.3. The molecule has 0 aliphatic carbocycles. The monoisotopic (exact) mass is 394 g/mol. The fourth-order valence-electron chi connectivity index (χ4n) is 0.957. The van der Waals surface area contributed by atoms with Crippen LogP contribution in [0.25, 0.3) is 0 Å². The Bertz CT molecular complexity index is 331.